The van der Waals surface area contributed by atoms with E-state index in [1.54, 1.807) is 23.5 Å². The van der Waals surface area contributed by atoms with Crippen LogP contribution in [-0.4, -0.2) is 53.4 Å². The van der Waals surface area contributed by atoms with Crippen LogP contribution in [0.15, 0.2) is 30.3 Å². The molecule has 29 heavy (non-hydrogen) atoms. The van der Waals surface area contributed by atoms with Crippen LogP contribution < -0.4 is 0 Å². The van der Waals surface area contributed by atoms with E-state index in [9.17, 15) is 12.8 Å². The fraction of sp³-hybridized carbons (Fsp3) is 0.571. The molecular formula is C21H31FN4O2S. The van der Waals surface area contributed by atoms with Crippen molar-refractivity contribution in [2.75, 3.05) is 20.1 Å². The van der Waals surface area contributed by atoms with Gasteiger partial charge in [-0.1, -0.05) is 12.8 Å². The zero-order valence-corrected chi connectivity index (χ0v) is 18.1. The molecule has 3 rings (SSSR count). The number of aromatic amines is 1. The van der Waals surface area contributed by atoms with Gasteiger partial charge < -0.3 is 0 Å². The zero-order chi connectivity index (χ0) is 20.9. The van der Waals surface area contributed by atoms with Crippen molar-refractivity contribution in [3.8, 4) is 11.3 Å². The molecule has 1 atom stereocenters. The highest BCUT2D eigenvalue weighted by Crippen LogP contribution is 2.22. The number of nitrogens with zero attached hydrogens (tertiary/aromatic N) is 3. The summed E-state index contributed by atoms with van der Waals surface area (Å²) < 4.78 is 41.7. The Morgan fingerprint density at radius 1 is 1.21 bits per heavy atom. The Labute approximate surface area is 173 Å². The highest BCUT2D eigenvalue weighted by atomic mass is 32.2. The number of benzene rings is 1. The van der Waals surface area contributed by atoms with Crippen LogP contribution >= 0.6 is 0 Å². The largest absolute Gasteiger partial charge is 0.282 e. The number of rotatable bonds is 9. The lowest BCUT2D eigenvalue weighted by atomic mass is 10.1. The summed E-state index contributed by atoms with van der Waals surface area (Å²) >= 11 is 0. The van der Waals surface area contributed by atoms with Gasteiger partial charge in [-0.2, -0.15) is 22.1 Å². The number of nitrogens with one attached hydrogen (secondary N) is 1. The minimum absolute atomic E-state index is 0.0897. The molecule has 0 spiro atoms. The maximum Gasteiger partial charge on any atom is 0.281 e. The first-order valence-corrected chi connectivity index (χ1v) is 11.8. The van der Waals surface area contributed by atoms with Crippen LogP contribution in [0.5, 0.6) is 0 Å². The van der Waals surface area contributed by atoms with Crippen LogP contribution in [0.1, 0.15) is 51.1 Å². The molecule has 2 heterocycles. The topological polar surface area (TPSA) is 69.3 Å². The Kier molecular flexibility index (Phi) is 7.43. The van der Waals surface area contributed by atoms with E-state index >= 15 is 0 Å². The lowest BCUT2D eigenvalue weighted by Crippen LogP contribution is -2.48. The van der Waals surface area contributed by atoms with Crippen molar-refractivity contribution in [1.82, 2.24) is 18.8 Å². The number of halogens is 1. The molecule has 6 nitrogen and oxygen atoms in total. The van der Waals surface area contributed by atoms with Crippen molar-refractivity contribution in [3.05, 3.63) is 41.8 Å². The van der Waals surface area contributed by atoms with E-state index in [0.717, 1.165) is 61.9 Å². The molecule has 2 aromatic rings. The summed E-state index contributed by atoms with van der Waals surface area (Å²) in [5, 5.41) is 7.33. The molecule has 1 aliphatic rings. The van der Waals surface area contributed by atoms with Crippen LogP contribution in [0.3, 0.4) is 0 Å². The second-order valence-corrected chi connectivity index (χ2v) is 9.87. The molecule has 1 aromatic carbocycles. The molecule has 0 aliphatic carbocycles. The number of aryl methyl sites for hydroxylation is 1. The second kappa shape index (κ2) is 9.82. The molecule has 0 unspecified atom stereocenters. The van der Waals surface area contributed by atoms with Gasteiger partial charge in [0.05, 0.1) is 5.69 Å². The lowest BCUT2D eigenvalue weighted by molar-refractivity contribution is 0.249. The van der Waals surface area contributed by atoms with Gasteiger partial charge in [0.15, 0.2) is 0 Å². The molecule has 1 N–H and O–H groups in total. The first kappa shape index (κ1) is 21.9. The highest BCUT2D eigenvalue weighted by molar-refractivity contribution is 7.86. The van der Waals surface area contributed by atoms with Crippen molar-refractivity contribution in [3.63, 3.8) is 0 Å². The minimum Gasteiger partial charge on any atom is -0.282 e. The van der Waals surface area contributed by atoms with E-state index in [4.69, 9.17) is 0 Å². The van der Waals surface area contributed by atoms with E-state index < -0.39 is 10.2 Å². The Morgan fingerprint density at radius 3 is 2.69 bits per heavy atom. The molecule has 1 fully saturated rings. The number of H-pyrrole nitrogens is 1. The summed E-state index contributed by atoms with van der Waals surface area (Å²) in [6.45, 7) is 3.16. The zero-order valence-electron chi connectivity index (χ0n) is 17.3. The first-order chi connectivity index (χ1) is 13.9. The van der Waals surface area contributed by atoms with E-state index in [1.165, 1.54) is 16.4 Å². The van der Waals surface area contributed by atoms with E-state index in [2.05, 4.69) is 10.2 Å². The number of unbranched alkanes of at least 4 members (excludes halogenated alkanes) is 2. The van der Waals surface area contributed by atoms with Crippen molar-refractivity contribution in [2.24, 2.45) is 0 Å². The Balaban J connectivity index is 1.41. The second-order valence-electron chi connectivity index (χ2n) is 7.88. The molecule has 0 saturated carbocycles. The fourth-order valence-corrected chi connectivity index (χ4v) is 5.43. The number of hydrogen-bond donors (Lipinski definition) is 1. The van der Waals surface area contributed by atoms with Gasteiger partial charge in [0, 0.05) is 37.4 Å². The van der Waals surface area contributed by atoms with Crippen molar-refractivity contribution in [2.45, 2.75) is 57.9 Å². The van der Waals surface area contributed by atoms with E-state index in [0.29, 0.717) is 13.1 Å². The van der Waals surface area contributed by atoms with Gasteiger partial charge in [0.2, 0.25) is 0 Å². The summed E-state index contributed by atoms with van der Waals surface area (Å²) in [5.74, 6) is -0.258. The average Bonchev–Trinajstić information content (AvgIpc) is 3.17. The molecule has 0 bridgehead atoms. The molecule has 1 aromatic heterocycles. The third-order valence-corrected chi connectivity index (χ3v) is 7.73. The van der Waals surface area contributed by atoms with Gasteiger partial charge in [0.1, 0.15) is 5.82 Å². The van der Waals surface area contributed by atoms with Crippen LogP contribution in [0.25, 0.3) is 11.3 Å². The first-order valence-electron chi connectivity index (χ1n) is 10.4. The van der Waals surface area contributed by atoms with E-state index in [1.807, 2.05) is 13.0 Å². The Morgan fingerprint density at radius 2 is 1.97 bits per heavy atom. The maximum atomic E-state index is 13.0. The van der Waals surface area contributed by atoms with Gasteiger partial charge in [-0.15, -0.1) is 0 Å². The highest BCUT2D eigenvalue weighted by Gasteiger charge is 2.32. The molecule has 8 heteroatoms. The minimum atomic E-state index is -3.36. The third kappa shape index (κ3) is 5.65. The van der Waals surface area contributed by atoms with Gasteiger partial charge in [-0.3, -0.25) is 5.10 Å². The number of aromatic nitrogens is 2. The van der Waals surface area contributed by atoms with Crippen molar-refractivity contribution in [1.29, 1.82) is 0 Å². The SMILES string of the molecule is C[C@H]1CCCCN1S(=O)(=O)N(C)CCCCCc1cc(-c2ccc(F)cc2)n[nH]1. The van der Waals surface area contributed by atoms with Crippen molar-refractivity contribution >= 4 is 10.2 Å². The molecule has 1 aliphatic heterocycles. The maximum absolute atomic E-state index is 13.0. The number of hydrogen-bond acceptors (Lipinski definition) is 3. The monoisotopic (exact) mass is 422 g/mol. The summed E-state index contributed by atoms with van der Waals surface area (Å²) in [5.41, 5.74) is 2.72. The Bertz CT molecular complexity index is 882. The van der Waals surface area contributed by atoms with E-state index in [-0.39, 0.29) is 11.9 Å². The molecule has 160 valence electrons. The summed E-state index contributed by atoms with van der Waals surface area (Å²) in [6, 6.07) is 8.37. The van der Waals surface area contributed by atoms with Crippen LogP contribution in [0.2, 0.25) is 0 Å². The quantitative estimate of drug-likeness (QED) is 0.622. The summed E-state index contributed by atoms with van der Waals surface area (Å²) in [4.78, 5) is 0. The van der Waals surface area contributed by atoms with Gasteiger partial charge >= 0.3 is 0 Å². The van der Waals surface area contributed by atoms with Crippen LogP contribution in [-0.2, 0) is 16.6 Å². The Hall–Kier alpha value is -1.77. The number of piperidine rings is 1. The summed E-state index contributed by atoms with van der Waals surface area (Å²) in [7, 11) is -1.68. The predicted octanol–water partition coefficient (Wildman–Crippen LogP) is 3.98. The van der Waals surface area contributed by atoms with Crippen LogP contribution in [0.4, 0.5) is 4.39 Å². The van der Waals surface area contributed by atoms with Gasteiger partial charge in [-0.25, -0.2) is 4.39 Å². The lowest BCUT2D eigenvalue weighted by Gasteiger charge is -2.35. The molecular weight excluding hydrogens is 391 g/mol. The average molecular weight is 423 g/mol. The molecule has 1 saturated heterocycles. The van der Waals surface area contributed by atoms with Gasteiger partial charge in [0.25, 0.3) is 10.2 Å². The summed E-state index contributed by atoms with van der Waals surface area (Å²) in [6.07, 6.45) is 6.58. The molecule has 0 amide bonds. The predicted molar refractivity (Wildman–Crippen MR) is 113 cm³/mol. The van der Waals surface area contributed by atoms with Crippen LogP contribution in [0, 0.1) is 5.82 Å². The van der Waals surface area contributed by atoms with Gasteiger partial charge in [-0.05, 0) is 69.4 Å². The molecule has 0 radical (unpaired) electrons. The van der Waals surface area contributed by atoms with Crippen molar-refractivity contribution < 1.29 is 12.8 Å². The standard InChI is InChI=1S/C21H31FN4O2S/c1-17-8-5-7-15-26(17)29(27,28)25(2)14-6-3-4-9-20-16-21(24-23-20)18-10-12-19(22)13-11-18/h10-13,16-17H,3-9,14-15H2,1-2H3,(H,23,24)/t17-/m0/s1. The fourth-order valence-electron chi connectivity index (χ4n) is 3.79. The normalized spacial score (nSPS) is 18.4. The smallest absolute Gasteiger partial charge is 0.281 e. The third-order valence-electron chi connectivity index (χ3n) is 5.62.